The van der Waals surface area contributed by atoms with Crippen molar-refractivity contribution in [2.24, 2.45) is 5.92 Å². The van der Waals surface area contributed by atoms with Crippen LogP contribution in [0.3, 0.4) is 0 Å². The van der Waals surface area contributed by atoms with Crippen LogP contribution in [0.2, 0.25) is 0 Å². The van der Waals surface area contributed by atoms with Crippen LogP contribution in [0, 0.1) is 12.8 Å². The molecule has 1 heterocycles. The van der Waals surface area contributed by atoms with Crippen molar-refractivity contribution in [1.82, 2.24) is 5.32 Å². The summed E-state index contributed by atoms with van der Waals surface area (Å²) in [7, 11) is 2.19. The SMILES string of the molecule is Cc1cc(CNCC(C)C)ccc1N(C)C1CCOC1C. The Morgan fingerprint density at radius 1 is 1.38 bits per heavy atom. The number of ether oxygens (including phenoxy) is 1. The van der Waals surface area contributed by atoms with Crippen LogP contribution in [0.25, 0.3) is 0 Å². The Balaban J connectivity index is 2.01. The lowest BCUT2D eigenvalue weighted by Gasteiger charge is -2.30. The summed E-state index contributed by atoms with van der Waals surface area (Å²) in [6, 6.07) is 7.30. The van der Waals surface area contributed by atoms with Crippen LogP contribution >= 0.6 is 0 Å². The Hall–Kier alpha value is -1.06. The largest absolute Gasteiger partial charge is 0.376 e. The molecule has 2 rings (SSSR count). The van der Waals surface area contributed by atoms with Crippen LogP contribution in [0.15, 0.2) is 18.2 Å². The van der Waals surface area contributed by atoms with Crippen LogP contribution in [-0.2, 0) is 11.3 Å². The highest BCUT2D eigenvalue weighted by Gasteiger charge is 2.28. The summed E-state index contributed by atoms with van der Waals surface area (Å²) in [5.41, 5.74) is 4.03. The number of nitrogens with one attached hydrogen (secondary N) is 1. The van der Waals surface area contributed by atoms with E-state index in [4.69, 9.17) is 4.74 Å². The first kappa shape index (κ1) is 16.3. The third kappa shape index (κ3) is 4.21. The Kier molecular flexibility index (Phi) is 5.65. The highest BCUT2D eigenvalue weighted by atomic mass is 16.5. The minimum Gasteiger partial charge on any atom is -0.376 e. The van der Waals surface area contributed by atoms with E-state index in [2.05, 4.69) is 63.2 Å². The van der Waals surface area contributed by atoms with Gasteiger partial charge in [-0.3, -0.25) is 0 Å². The predicted molar refractivity (Wildman–Crippen MR) is 89.9 cm³/mol. The Morgan fingerprint density at radius 3 is 2.71 bits per heavy atom. The van der Waals surface area contributed by atoms with Crippen molar-refractivity contribution in [1.29, 1.82) is 0 Å². The summed E-state index contributed by atoms with van der Waals surface area (Å²) >= 11 is 0. The first-order chi connectivity index (χ1) is 9.99. The maximum atomic E-state index is 5.70. The molecule has 1 aromatic carbocycles. The predicted octanol–water partition coefficient (Wildman–Crippen LogP) is 3.35. The van der Waals surface area contributed by atoms with E-state index in [0.29, 0.717) is 18.1 Å². The summed E-state index contributed by atoms with van der Waals surface area (Å²) < 4.78 is 5.70. The molecule has 21 heavy (non-hydrogen) atoms. The number of rotatable bonds is 6. The summed E-state index contributed by atoms with van der Waals surface area (Å²) in [5, 5.41) is 3.51. The molecule has 3 heteroatoms. The number of hydrogen-bond acceptors (Lipinski definition) is 3. The third-order valence-electron chi connectivity index (χ3n) is 4.36. The summed E-state index contributed by atoms with van der Waals surface area (Å²) in [4.78, 5) is 2.39. The summed E-state index contributed by atoms with van der Waals surface area (Å²) in [6.07, 6.45) is 1.44. The quantitative estimate of drug-likeness (QED) is 0.869. The molecular formula is C18H30N2O. The molecule has 1 aliphatic rings. The molecule has 0 spiro atoms. The molecule has 1 fully saturated rings. The Morgan fingerprint density at radius 2 is 2.14 bits per heavy atom. The van der Waals surface area contributed by atoms with Crippen LogP contribution in [-0.4, -0.2) is 32.3 Å². The lowest BCUT2D eigenvalue weighted by Crippen LogP contribution is -2.37. The van der Waals surface area contributed by atoms with Gasteiger partial charge in [0.25, 0.3) is 0 Å². The minimum absolute atomic E-state index is 0.321. The number of anilines is 1. The van der Waals surface area contributed by atoms with Gasteiger partial charge in [0.2, 0.25) is 0 Å². The molecular weight excluding hydrogens is 260 g/mol. The highest BCUT2D eigenvalue weighted by molar-refractivity contribution is 5.55. The zero-order valence-corrected chi connectivity index (χ0v) is 14.1. The standard InChI is InChI=1S/C18H30N2O/c1-13(2)11-19-12-16-6-7-17(14(3)10-16)20(5)18-8-9-21-15(18)4/h6-7,10,13,15,18-19H,8-9,11-12H2,1-5H3. The van der Waals surface area contributed by atoms with E-state index in [0.717, 1.165) is 26.1 Å². The maximum Gasteiger partial charge on any atom is 0.0750 e. The molecule has 2 atom stereocenters. The van der Waals surface area contributed by atoms with Crippen molar-refractivity contribution in [2.45, 2.75) is 52.8 Å². The Labute approximate surface area is 129 Å². The van der Waals surface area contributed by atoms with Crippen LogP contribution in [0.4, 0.5) is 5.69 Å². The molecule has 0 saturated carbocycles. The molecule has 0 radical (unpaired) electrons. The number of nitrogens with zero attached hydrogens (tertiary/aromatic N) is 1. The van der Waals surface area contributed by atoms with Gasteiger partial charge in [-0.15, -0.1) is 0 Å². The fourth-order valence-electron chi connectivity index (χ4n) is 3.14. The number of aryl methyl sites for hydroxylation is 1. The van der Waals surface area contributed by atoms with E-state index in [9.17, 15) is 0 Å². The fourth-order valence-corrected chi connectivity index (χ4v) is 3.14. The van der Waals surface area contributed by atoms with Gasteiger partial charge in [0, 0.05) is 25.9 Å². The average molecular weight is 290 g/mol. The molecule has 1 N–H and O–H groups in total. The van der Waals surface area contributed by atoms with Crippen molar-refractivity contribution < 1.29 is 4.74 Å². The molecule has 0 amide bonds. The first-order valence-corrected chi connectivity index (χ1v) is 8.13. The van der Waals surface area contributed by atoms with Crippen molar-refractivity contribution in [3.05, 3.63) is 29.3 Å². The van der Waals surface area contributed by atoms with Gasteiger partial charge in [0.15, 0.2) is 0 Å². The molecule has 0 bridgehead atoms. The van der Waals surface area contributed by atoms with Gasteiger partial charge < -0.3 is 15.0 Å². The lowest BCUT2D eigenvalue weighted by molar-refractivity contribution is 0.118. The molecule has 1 aliphatic heterocycles. The van der Waals surface area contributed by atoms with E-state index < -0.39 is 0 Å². The summed E-state index contributed by atoms with van der Waals surface area (Å²) in [6.45, 7) is 11.8. The third-order valence-corrected chi connectivity index (χ3v) is 4.36. The molecule has 1 saturated heterocycles. The number of benzene rings is 1. The molecule has 2 unspecified atom stereocenters. The highest BCUT2D eigenvalue weighted by Crippen LogP contribution is 2.27. The minimum atomic E-state index is 0.321. The van der Waals surface area contributed by atoms with Crippen molar-refractivity contribution >= 4 is 5.69 Å². The smallest absolute Gasteiger partial charge is 0.0750 e. The van der Waals surface area contributed by atoms with Gasteiger partial charge >= 0.3 is 0 Å². The first-order valence-electron chi connectivity index (χ1n) is 8.13. The molecule has 1 aromatic rings. The van der Waals surface area contributed by atoms with Crippen molar-refractivity contribution in [3.63, 3.8) is 0 Å². The number of likely N-dealkylation sites (N-methyl/N-ethyl adjacent to an activating group) is 1. The van der Waals surface area contributed by atoms with Gasteiger partial charge in [-0.25, -0.2) is 0 Å². The topological polar surface area (TPSA) is 24.5 Å². The van der Waals surface area contributed by atoms with Gasteiger partial charge in [0.1, 0.15) is 0 Å². The molecule has 118 valence electrons. The molecule has 0 aliphatic carbocycles. The van der Waals surface area contributed by atoms with Crippen molar-refractivity contribution in [3.8, 4) is 0 Å². The maximum absolute atomic E-state index is 5.70. The van der Waals surface area contributed by atoms with Crippen LogP contribution in [0.5, 0.6) is 0 Å². The van der Waals surface area contributed by atoms with Crippen LogP contribution < -0.4 is 10.2 Å². The molecule has 0 aromatic heterocycles. The number of hydrogen-bond donors (Lipinski definition) is 1. The average Bonchev–Trinajstić information content (AvgIpc) is 2.84. The zero-order chi connectivity index (χ0) is 15.4. The van der Waals surface area contributed by atoms with Crippen molar-refractivity contribution in [2.75, 3.05) is 25.1 Å². The van der Waals surface area contributed by atoms with E-state index >= 15 is 0 Å². The second kappa shape index (κ2) is 7.28. The van der Waals surface area contributed by atoms with E-state index in [1.165, 1.54) is 16.8 Å². The zero-order valence-electron chi connectivity index (χ0n) is 14.1. The lowest BCUT2D eigenvalue weighted by atomic mass is 10.0. The summed E-state index contributed by atoms with van der Waals surface area (Å²) in [5.74, 6) is 0.695. The van der Waals surface area contributed by atoms with E-state index in [1.807, 2.05) is 0 Å². The molecule has 3 nitrogen and oxygen atoms in total. The fraction of sp³-hybridized carbons (Fsp3) is 0.667. The van der Waals surface area contributed by atoms with E-state index in [-0.39, 0.29) is 0 Å². The monoisotopic (exact) mass is 290 g/mol. The van der Waals surface area contributed by atoms with Gasteiger partial charge in [0.05, 0.1) is 12.1 Å². The van der Waals surface area contributed by atoms with Crippen LogP contribution in [0.1, 0.15) is 38.3 Å². The van der Waals surface area contributed by atoms with Gasteiger partial charge in [-0.2, -0.15) is 0 Å². The van der Waals surface area contributed by atoms with Gasteiger partial charge in [-0.1, -0.05) is 26.0 Å². The van der Waals surface area contributed by atoms with E-state index in [1.54, 1.807) is 0 Å². The second-order valence-electron chi connectivity index (χ2n) is 6.69. The van der Waals surface area contributed by atoms with Gasteiger partial charge in [-0.05, 0) is 49.9 Å². The second-order valence-corrected chi connectivity index (χ2v) is 6.69. The Bertz CT molecular complexity index is 459. The normalized spacial score (nSPS) is 22.0.